The minimum atomic E-state index is 0.567. The Morgan fingerprint density at radius 1 is 0.418 bits per heavy atom. The largest absolute Gasteiger partial charge is 0.457 e. The van der Waals surface area contributed by atoms with E-state index in [0.717, 1.165) is 83.2 Å². The average Bonchev–Trinajstić information content (AvgIpc) is 3.81. The number of benzene rings is 8. The number of furan rings is 2. The Labute approximate surface area is 317 Å². The third kappa shape index (κ3) is 5.65. The van der Waals surface area contributed by atoms with E-state index in [-0.39, 0.29) is 0 Å². The summed E-state index contributed by atoms with van der Waals surface area (Å²) in [5.41, 5.74) is 13.9. The zero-order valence-electron chi connectivity index (χ0n) is 29.4. The molecular weight excluding hydrogens is 675 g/mol. The van der Waals surface area contributed by atoms with Crippen LogP contribution >= 0.6 is 0 Å². The number of nitrogens with zero attached hydrogens (tertiary/aromatic N) is 3. The Kier molecular flexibility index (Phi) is 7.51. The maximum atomic E-state index is 9.35. The quantitative estimate of drug-likeness (QED) is 0.162. The first-order valence-corrected chi connectivity index (χ1v) is 18.0. The summed E-state index contributed by atoms with van der Waals surface area (Å²) in [6.07, 6.45) is 0. The van der Waals surface area contributed by atoms with Crippen molar-refractivity contribution in [2.24, 2.45) is 0 Å². The fourth-order valence-electron chi connectivity index (χ4n) is 7.53. The second-order valence-corrected chi connectivity index (χ2v) is 13.6. The number of nitriles is 1. The highest BCUT2D eigenvalue weighted by Crippen LogP contribution is 2.40. The van der Waals surface area contributed by atoms with Crippen molar-refractivity contribution >= 4 is 66.6 Å². The van der Waals surface area contributed by atoms with E-state index in [1.54, 1.807) is 12.1 Å². The first-order valence-electron chi connectivity index (χ1n) is 18.0. The van der Waals surface area contributed by atoms with E-state index in [1.165, 1.54) is 5.56 Å². The lowest BCUT2D eigenvalue weighted by atomic mass is 10.0. The maximum Gasteiger partial charge on any atom is 0.190 e. The third-order valence-corrected chi connectivity index (χ3v) is 10.3. The fourth-order valence-corrected chi connectivity index (χ4v) is 7.53. The summed E-state index contributed by atoms with van der Waals surface area (Å²) in [5.74, 6) is 0. The van der Waals surface area contributed by atoms with Gasteiger partial charge in [-0.05, 0) is 118 Å². The van der Waals surface area contributed by atoms with Crippen molar-refractivity contribution in [1.29, 1.82) is 5.26 Å². The molecule has 0 aliphatic heterocycles. The SMILES string of the molecule is [C-]#[N+]c1ccc2c(c1)oc1cc(-c3ccc(N(c4ccc(-c5ccccc5)cc4)c4ccc(-c5ccc6c(c5)oc5cc(C#N)ccc56)cc4)cc3)ccc12. The molecular formula is C50H29N3O2. The summed E-state index contributed by atoms with van der Waals surface area (Å²) in [6, 6.07) is 62.3. The van der Waals surface area contributed by atoms with Gasteiger partial charge in [0.1, 0.15) is 22.3 Å². The van der Waals surface area contributed by atoms with Gasteiger partial charge in [0.25, 0.3) is 0 Å². The maximum absolute atomic E-state index is 9.35. The zero-order chi connectivity index (χ0) is 36.9. The van der Waals surface area contributed by atoms with Crippen LogP contribution < -0.4 is 4.90 Å². The summed E-state index contributed by atoms with van der Waals surface area (Å²) in [7, 11) is 0. The van der Waals surface area contributed by atoms with Gasteiger partial charge < -0.3 is 13.7 Å². The van der Waals surface area contributed by atoms with E-state index in [0.29, 0.717) is 16.8 Å². The summed E-state index contributed by atoms with van der Waals surface area (Å²) in [4.78, 5) is 5.83. The Morgan fingerprint density at radius 2 is 0.818 bits per heavy atom. The molecule has 2 heterocycles. The molecule has 0 radical (unpaired) electrons. The molecule has 0 amide bonds. The predicted octanol–water partition coefficient (Wildman–Crippen LogP) is 14.4. The lowest BCUT2D eigenvalue weighted by Gasteiger charge is -2.26. The summed E-state index contributed by atoms with van der Waals surface area (Å²) >= 11 is 0. The van der Waals surface area contributed by atoms with Crippen LogP contribution in [0.2, 0.25) is 0 Å². The van der Waals surface area contributed by atoms with Crippen molar-refractivity contribution in [2.45, 2.75) is 0 Å². The Bertz CT molecular complexity index is 2970. The Morgan fingerprint density at radius 3 is 1.31 bits per heavy atom. The van der Waals surface area contributed by atoms with Gasteiger partial charge in [-0.25, -0.2) is 4.85 Å². The molecule has 5 nitrogen and oxygen atoms in total. The van der Waals surface area contributed by atoms with Gasteiger partial charge in [-0.3, -0.25) is 0 Å². The molecule has 256 valence electrons. The molecule has 0 saturated carbocycles. The molecule has 0 saturated heterocycles. The molecule has 55 heavy (non-hydrogen) atoms. The van der Waals surface area contributed by atoms with E-state index < -0.39 is 0 Å². The van der Waals surface area contributed by atoms with Crippen LogP contribution in [0.15, 0.2) is 185 Å². The van der Waals surface area contributed by atoms with Crippen molar-refractivity contribution in [3.05, 3.63) is 193 Å². The Hall–Kier alpha value is -7.86. The Balaban J connectivity index is 1.00. The third-order valence-electron chi connectivity index (χ3n) is 10.3. The fraction of sp³-hybridized carbons (Fsp3) is 0. The van der Waals surface area contributed by atoms with Crippen molar-refractivity contribution < 1.29 is 8.83 Å². The van der Waals surface area contributed by atoms with Crippen molar-refractivity contribution in [1.82, 2.24) is 0 Å². The first kappa shape index (κ1) is 31.8. The molecule has 8 aromatic carbocycles. The van der Waals surface area contributed by atoms with Gasteiger partial charge in [0.15, 0.2) is 5.69 Å². The van der Waals surface area contributed by atoms with Gasteiger partial charge >= 0.3 is 0 Å². The van der Waals surface area contributed by atoms with E-state index >= 15 is 0 Å². The number of hydrogen-bond acceptors (Lipinski definition) is 4. The van der Waals surface area contributed by atoms with E-state index in [1.807, 2.05) is 30.3 Å². The van der Waals surface area contributed by atoms with Crippen LogP contribution in [-0.2, 0) is 0 Å². The lowest BCUT2D eigenvalue weighted by molar-refractivity contribution is 0.668. The minimum Gasteiger partial charge on any atom is -0.457 e. The van der Waals surface area contributed by atoms with Gasteiger partial charge in [0, 0.05) is 38.6 Å². The molecule has 10 rings (SSSR count). The van der Waals surface area contributed by atoms with Gasteiger partial charge in [0.2, 0.25) is 0 Å². The monoisotopic (exact) mass is 703 g/mol. The smallest absolute Gasteiger partial charge is 0.190 e. The van der Waals surface area contributed by atoms with Gasteiger partial charge in [-0.15, -0.1) is 0 Å². The van der Waals surface area contributed by atoms with Crippen LogP contribution in [0.4, 0.5) is 22.7 Å². The predicted molar refractivity (Wildman–Crippen MR) is 223 cm³/mol. The van der Waals surface area contributed by atoms with Crippen LogP contribution in [0, 0.1) is 17.9 Å². The second kappa shape index (κ2) is 13.0. The summed E-state index contributed by atoms with van der Waals surface area (Å²) < 4.78 is 12.4. The van der Waals surface area contributed by atoms with Crippen molar-refractivity contribution in [2.75, 3.05) is 4.90 Å². The molecule has 0 bridgehead atoms. The van der Waals surface area contributed by atoms with Crippen LogP contribution in [0.3, 0.4) is 0 Å². The number of hydrogen-bond donors (Lipinski definition) is 0. The molecule has 0 unspecified atom stereocenters. The normalized spacial score (nSPS) is 11.2. The molecule has 10 aromatic rings. The molecule has 0 aliphatic carbocycles. The van der Waals surface area contributed by atoms with Crippen LogP contribution in [0.5, 0.6) is 0 Å². The lowest BCUT2D eigenvalue weighted by Crippen LogP contribution is -2.09. The van der Waals surface area contributed by atoms with E-state index in [9.17, 15) is 5.26 Å². The molecule has 0 spiro atoms. The molecule has 5 heteroatoms. The molecule has 0 fully saturated rings. The van der Waals surface area contributed by atoms with Gasteiger partial charge in [-0.1, -0.05) is 91.0 Å². The van der Waals surface area contributed by atoms with E-state index in [4.69, 9.17) is 15.4 Å². The van der Waals surface area contributed by atoms with Gasteiger partial charge in [-0.2, -0.15) is 5.26 Å². The minimum absolute atomic E-state index is 0.567. The van der Waals surface area contributed by atoms with Crippen LogP contribution in [0.25, 0.3) is 82.1 Å². The number of anilines is 3. The average molecular weight is 704 g/mol. The van der Waals surface area contributed by atoms with Gasteiger partial charge in [0.05, 0.1) is 18.2 Å². The summed E-state index contributed by atoms with van der Waals surface area (Å²) in [5, 5.41) is 13.4. The zero-order valence-corrected chi connectivity index (χ0v) is 29.4. The highest BCUT2D eigenvalue weighted by molar-refractivity contribution is 6.07. The highest BCUT2D eigenvalue weighted by Gasteiger charge is 2.16. The number of fused-ring (bicyclic) bond motifs is 6. The highest BCUT2D eigenvalue weighted by atomic mass is 16.3. The van der Waals surface area contributed by atoms with E-state index in [2.05, 4.69) is 149 Å². The standard InChI is InChI=1S/C50H29N3O2/c1-52-39-16-26-46-45-25-15-38(29-49(45)55-50(46)30-39)36-12-21-42(22-13-36)53(40-17-8-34(9-18-40)33-5-3-2-4-6-33)41-19-10-35(11-20-41)37-14-24-44-43-23-7-32(31-51)27-47(43)54-48(44)28-37/h2-30H. The van der Waals surface area contributed by atoms with Crippen molar-refractivity contribution in [3.8, 4) is 39.4 Å². The molecule has 0 aliphatic rings. The van der Waals surface area contributed by atoms with Crippen LogP contribution in [0.1, 0.15) is 5.56 Å². The molecule has 2 aromatic heterocycles. The second-order valence-electron chi connectivity index (χ2n) is 13.6. The topological polar surface area (TPSA) is 57.7 Å². The number of rotatable bonds is 6. The summed E-state index contributed by atoms with van der Waals surface area (Å²) in [6.45, 7) is 7.37. The molecule has 0 N–H and O–H groups in total. The first-order chi connectivity index (χ1) is 27.1. The van der Waals surface area contributed by atoms with Crippen molar-refractivity contribution in [3.63, 3.8) is 0 Å². The molecule has 0 atom stereocenters. The van der Waals surface area contributed by atoms with Crippen LogP contribution in [-0.4, -0.2) is 0 Å².